The highest BCUT2D eigenvalue weighted by molar-refractivity contribution is 5.76. The number of aliphatic hydroxyl groups is 2. The molecule has 0 aromatic rings. The average molecular weight is 901 g/mol. The second kappa shape index (κ2) is 53.7. The molecule has 0 heterocycles. The van der Waals surface area contributed by atoms with Crippen molar-refractivity contribution in [2.45, 2.75) is 309 Å². The molecule has 6 nitrogen and oxygen atoms in total. The molecule has 0 aromatic carbocycles. The highest BCUT2D eigenvalue weighted by Gasteiger charge is 2.18. The van der Waals surface area contributed by atoms with Gasteiger partial charge in [0.1, 0.15) is 0 Å². The largest absolute Gasteiger partial charge is 0.466 e. The van der Waals surface area contributed by atoms with Crippen molar-refractivity contribution in [3.63, 3.8) is 0 Å². The number of amides is 1. The molecule has 0 aromatic heterocycles. The summed E-state index contributed by atoms with van der Waals surface area (Å²) in [6.45, 7) is 4.78. The summed E-state index contributed by atoms with van der Waals surface area (Å²) in [6.07, 6.45) is 65.9. The Morgan fingerprint density at radius 1 is 0.438 bits per heavy atom. The standard InChI is InChI=1S/C58H109NO5/c1-3-5-7-9-11-13-15-17-18-19-20-21-22-23-24-25-26-27-28-30-31-34-38-42-46-50-56(61)55(54-60)59-57(62)51-47-43-39-35-33-37-41-45-49-53-64-58(63)52-48-44-40-36-32-29-16-14-12-10-8-6-4-2/h8,10,14,16,46,50,55-56,60-61H,3-7,9,11-13,15,17-45,47-49,51-54H2,1-2H3,(H,59,62)/b10-8-,16-14-,50-46+. The van der Waals surface area contributed by atoms with E-state index >= 15 is 0 Å². The Labute approximate surface area is 398 Å². The minimum Gasteiger partial charge on any atom is -0.466 e. The molecule has 6 heteroatoms. The summed E-state index contributed by atoms with van der Waals surface area (Å²) >= 11 is 0. The number of nitrogens with one attached hydrogen (secondary N) is 1. The number of hydrogen-bond acceptors (Lipinski definition) is 5. The van der Waals surface area contributed by atoms with Gasteiger partial charge in [-0.1, -0.05) is 262 Å². The molecular formula is C58H109NO5. The third-order valence-electron chi connectivity index (χ3n) is 12.9. The van der Waals surface area contributed by atoms with E-state index in [1.807, 2.05) is 6.08 Å². The summed E-state index contributed by atoms with van der Waals surface area (Å²) in [7, 11) is 0. The third kappa shape index (κ3) is 49.5. The molecule has 0 rings (SSSR count). The molecule has 0 spiro atoms. The zero-order valence-electron chi connectivity index (χ0n) is 42.8. The van der Waals surface area contributed by atoms with E-state index in [4.69, 9.17) is 4.74 Å². The van der Waals surface area contributed by atoms with Crippen LogP contribution in [0.5, 0.6) is 0 Å². The summed E-state index contributed by atoms with van der Waals surface area (Å²) in [6, 6.07) is -0.650. The summed E-state index contributed by atoms with van der Waals surface area (Å²) in [5.74, 6) is -0.137. The molecule has 3 N–H and O–H groups in total. The van der Waals surface area contributed by atoms with E-state index in [0.717, 1.165) is 70.6 Å². The lowest BCUT2D eigenvalue weighted by Crippen LogP contribution is -2.45. The van der Waals surface area contributed by atoms with Crippen LogP contribution in [0.2, 0.25) is 0 Å². The van der Waals surface area contributed by atoms with Crippen LogP contribution in [-0.2, 0) is 14.3 Å². The fourth-order valence-electron chi connectivity index (χ4n) is 8.55. The molecule has 0 aliphatic carbocycles. The zero-order valence-corrected chi connectivity index (χ0v) is 42.8. The molecule has 1 amide bonds. The molecule has 0 radical (unpaired) electrons. The van der Waals surface area contributed by atoms with E-state index in [2.05, 4.69) is 43.5 Å². The predicted molar refractivity (Wildman–Crippen MR) is 278 cm³/mol. The van der Waals surface area contributed by atoms with E-state index in [0.29, 0.717) is 19.4 Å². The van der Waals surface area contributed by atoms with E-state index in [9.17, 15) is 19.8 Å². The van der Waals surface area contributed by atoms with Crippen LogP contribution in [0.4, 0.5) is 0 Å². The first-order valence-electron chi connectivity index (χ1n) is 28.3. The van der Waals surface area contributed by atoms with Crippen LogP contribution in [0.15, 0.2) is 36.5 Å². The molecule has 0 aliphatic heterocycles. The quantitative estimate of drug-likeness (QED) is 0.0321. The van der Waals surface area contributed by atoms with Crippen molar-refractivity contribution >= 4 is 11.9 Å². The van der Waals surface area contributed by atoms with Gasteiger partial charge in [-0.25, -0.2) is 0 Å². The maximum absolute atomic E-state index is 12.5. The third-order valence-corrected chi connectivity index (χ3v) is 12.9. The number of carbonyl (C=O) groups is 2. The van der Waals surface area contributed by atoms with Gasteiger partial charge in [-0.05, 0) is 57.8 Å². The first-order chi connectivity index (χ1) is 31.5. The van der Waals surface area contributed by atoms with E-state index in [1.54, 1.807) is 6.08 Å². The van der Waals surface area contributed by atoms with Crippen molar-refractivity contribution in [2.24, 2.45) is 0 Å². The second-order valence-electron chi connectivity index (χ2n) is 19.3. The van der Waals surface area contributed by atoms with Gasteiger partial charge in [0.2, 0.25) is 5.91 Å². The SMILES string of the molecule is CCC/C=C\C/C=C\CCCCCCCC(=O)OCCCCCCCCCCCC(=O)NC(CO)C(O)/C=C/CCCCCCCCCCCCCCCCCCCCCCCCC. The Balaban J connectivity index is 3.52. The lowest BCUT2D eigenvalue weighted by molar-refractivity contribution is -0.143. The van der Waals surface area contributed by atoms with Gasteiger partial charge in [0.15, 0.2) is 0 Å². The van der Waals surface area contributed by atoms with Gasteiger partial charge >= 0.3 is 5.97 Å². The normalized spacial score (nSPS) is 12.9. The van der Waals surface area contributed by atoms with Crippen LogP contribution < -0.4 is 5.32 Å². The molecule has 0 saturated heterocycles. The Kier molecular flexibility index (Phi) is 52.1. The van der Waals surface area contributed by atoms with Crippen molar-refractivity contribution in [2.75, 3.05) is 13.2 Å². The number of allylic oxidation sites excluding steroid dienone is 5. The number of ether oxygens (including phenoxy) is 1. The minimum atomic E-state index is -0.864. The van der Waals surface area contributed by atoms with Crippen molar-refractivity contribution < 1.29 is 24.5 Å². The van der Waals surface area contributed by atoms with Gasteiger partial charge in [0, 0.05) is 12.8 Å². The Hall–Kier alpha value is -1.92. The van der Waals surface area contributed by atoms with Gasteiger partial charge in [0.25, 0.3) is 0 Å². The number of hydrogen-bond donors (Lipinski definition) is 3. The monoisotopic (exact) mass is 900 g/mol. The van der Waals surface area contributed by atoms with Crippen LogP contribution in [0.25, 0.3) is 0 Å². The van der Waals surface area contributed by atoms with Crippen molar-refractivity contribution in [3.05, 3.63) is 36.5 Å². The molecule has 0 bridgehead atoms. The average Bonchev–Trinajstić information content (AvgIpc) is 3.29. The Morgan fingerprint density at radius 3 is 1.25 bits per heavy atom. The Morgan fingerprint density at radius 2 is 0.812 bits per heavy atom. The smallest absolute Gasteiger partial charge is 0.305 e. The molecule has 0 fully saturated rings. The first-order valence-corrected chi connectivity index (χ1v) is 28.3. The first kappa shape index (κ1) is 62.1. The number of carbonyl (C=O) groups excluding carboxylic acids is 2. The van der Waals surface area contributed by atoms with Crippen molar-refractivity contribution in [3.8, 4) is 0 Å². The van der Waals surface area contributed by atoms with Crippen LogP contribution >= 0.6 is 0 Å². The van der Waals surface area contributed by atoms with E-state index in [-0.39, 0.29) is 18.5 Å². The number of unbranched alkanes of at least 4 members (excludes halogenated alkanes) is 37. The molecule has 64 heavy (non-hydrogen) atoms. The summed E-state index contributed by atoms with van der Waals surface area (Å²) in [5.41, 5.74) is 0. The van der Waals surface area contributed by atoms with Gasteiger partial charge < -0.3 is 20.3 Å². The molecule has 0 saturated carbocycles. The summed E-state index contributed by atoms with van der Waals surface area (Å²) in [4.78, 5) is 24.5. The maximum atomic E-state index is 12.5. The molecular weight excluding hydrogens is 791 g/mol. The fraction of sp³-hybridized carbons (Fsp3) is 0.862. The number of rotatable bonds is 52. The number of esters is 1. The summed E-state index contributed by atoms with van der Waals surface area (Å²) in [5, 5.41) is 23.2. The second-order valence-corrected chi connectivity index (χ2v) is 19.3. The van der Waals surface area contributed by atoms with Crippen molar-refractivity contribution in [1.82, 2.24) is 5.32 Å². The lowest BCUT2D eigenvalue weighted by atomic mass is 10.0. The highest BCUT2D eigenvalue weighted by atomic mass is 16.5. The fourth-order valence-corrected chi connectivity index (χ4v) is 8.55. The minimum absolute atomic E-state index is 0.0422. The van der Waals surface area contributed by atoms with Crippen LogP contribution in [0.3, 0.4) is 0 Å². The predicted octanol–water partition coefficient (Wildman–Crippen LogP) is 17.2. The van der Waals surface area contributed by atoms with Crippen LogP contribution in [0.1, 0.15) is 296 Å². The van der Waals surface area contributed by atoms with Gasteiger partial charge in [-0.15, -0.1) is 0 Å². The number of aliphatic hydroxyl groups excluding tert-OH is 2. The van der Waals surface area contributed by atoms with Crippen LogP contribution in [-0.4, -0.2) is 47.4 Å². The van der Waals surface area contributed by atoms with E-state index in [1.165, 1.54) is 199 Å². The maximum Gasteiger partial charge on any atom is 0.305 e. The summed E-state index contributed by atoms with van der Waals surface area (Å²) < 4.78 is 5.44. The van der Waals surface area contributed by atoms with Crippen molar-refractivity contribution in [1.29, 1.82) is 0 Å². The molecule has 2 unspecified atom stereocenters. The molecule has 0 aliphatic rings. The molecule has 2 atom stereocenters. The molecule has 376 valence electrons. The Bertz CT molecular complexity index is 1040. The van der Waals surface area contributed by atoms with Gasteiger partial charge in [-0.3, -0.25) is 9.59 Å². The van der Waals surface area contributed by atoms with Gasteiger partial charge in [0.05, 0.1) is 25.4 Å². The van der Waals surface area contributed by atoms with Crippen LogP contribution in [0, 0.1) is 0 Å². The van der Waals surface area contributed by atoms with E-state index < -0.39 is 12.1 Å². The zero-order chi connectivity index (χ0) is 46.5. The topological polar surface area (TPSA) is 95.9 Å². The highest BCUT2D eigenvalue weighted by Crippen LogP contribution is 2.17. The lowest BCUT2D eigenvalue weighted by Gasteiger charge is -2.20. The van der Waals surface area contributed by atoms with Gasteiger partial charge in [-0.2, -0.15) is 0 Å².